The minimum absolute atomic E-state index is 0.115. The first-order valence-electron chi connectivity index (χ1n) is 10.1. The van der Waals surface area contributed by atoms with Crippen LogP contribution < -0.4 is 5.32 Å². The number of carbonyl (C=O) groups excluding carboxylic acids is 1. The van der Waals surface area contributed by atoms with Crippen LogP contribution in [0.3, 0.4) is 0 Å². The van der Waals surface area contributed by atoms with E-state index in [1.165, 1.54) is 42.5 Å². The average molecular weight is 390 g/mol. The Morgan fingerprint density at radius 1 is 1.10 bits per heavy atom. The molecule has 7 nitrogen and oxygen atoms in total. The Bertz CT molecular complexity index is 947. The van der Waals surface area contributed by atoms with E-state index in [1.807, 2.05) is 12.1 Å². The van der Waals surface area contributed by atoms with Gasteiger partial charge in [-0.15, -0.1) is 5.10 Å². The molecule has 3 aromatic rings. The lowest BCUT2D eigenvalue weighted by Gasteiger charge is -2.30. The van der Waals surface area contributed by atoms with Crippen LogP contribution in [0.25, 0.3) is 5.69 Å². The van der Waals surface area contributed by atoms with Crippen LogP contribution in [0, 0.1) is 5.92 Å². The van der Waals surface area contributed by atoms with E-state index in [4.69, 9.17) is 0 Å². The number of hydrogen-bond donors (Lipinski definition) is 1. The van der Waals surface area contributed by atoms with Crippen LogP contribution >= 0.6 is 0 Å². The second-order valence-corrected chi connectivity index (χ2v) is 7.77. The summed E-state index contributed by atoms with van der Waals surface area (Å²) in [5.74, 6) is 0.725. The highest BCUT2D eigenvalue weighted by Crippen LogP contribution is 2.18. The van der Waals surface area contributed by atoms with Crippen molar-refractivity contribution in [3.05, 3.63) is 71.5 Å². The number of rotatable bonds is 6. The summed E-state index contributed by atoms with van der Waals surface area (Å²) in [5, 5.41) is 14.1. The Hall–Kier alpha value is -3.06. The highest BCUT2D eigenvalue weighted by atomic mass is 16.1. The van der Waals surface area contributed by atoms with E-state index < -0.39 is 0 Å². The van der Waals surface area contributed by atoms with Gasteiger partial charge in [-0.25, -0.2) is 4.68 Å². The third-order valence-corrected chi connectivity index (χ3v) is 5.45. The third-order valence-electron chi connectivity index (χ3n) is 5.45. The molecule has 2 heterocycles. The van der Waals surface area contributed by atoms with Gasteiger partial charge in [-0.3, -0.25) is 9.69 Å². The first kappa shape index (κ1) is 19.3. The number of amides is 1. The van der Waals surface area contributed by atoms with E-state index in [-0.39, 0.29) is 5.91 Å². The predicted octanol–water partition coefficient (Wildman–Crippen LogP) is 2.82. The molecule has 0 saturated carbocycles. The zero-order valence-corrected chi connectivity index (χ0v) is 16.7. The molecule has 1 aliphatic heterocycles. The van der Waals surface area contributed by atoms with Crippen molar-refractivity contribution in [2.24, 2.45) is 5.92 Å². The van der Waals surface area contributed by atoms with Gasteiger partial charge in [0.2, 0.25) is 0 Å². The predicted molar refractivity (Wildman–Crippen MR) is 110 cm³/mol. The fourth-order valence-electron chi connectivity index (χ4n) is 3.67. The normalized spacial score (nSPS) is 15.3. The van der Waals surface area contributed by atoms with Gasteiger partial charge < -0.3 is 5.32 Å². The van der Waals surface area contributed by atoms with Crippen molar-refractivity contribution in [2.45, 2.75) is 32.9 Å². The molecule has 29 heavy (non-hydrogen) atoms. The van der Waals surface area contributed by atoms with Crippen molar-refractivity contribution in [3.63, 3.8) is 0 Å². The molecule has 0 bridgehead atoms. The summed E-state index contributed by atoms with van der Waals surface area (Å²) >= 11 is 0. The molecule has 4 rings (SSSR count). The lowest BCUT2D eigenvalue weighted by Crippen LogP contribution is -2.32. The van der Waals surface area contributed by atoms with E-state index in [1.54, 1.807) is 12.1 Å². The fourth-order valence-corrected chi connectivity index (χ4v) is 3.67. The number of nitrogens with zero attached hydrogens (tertiary/aromatic N) is 5. The number of hydrogen-bond acceptors (Lipinski definition) is 5. The number of likely N-dealkylation sites (tertiary alicyclic amines) is 1. The minimum atomic E-state index is -0.115. The number of piperidine rings is 1. The first-order chi connectivity index (χ1) is 14.2. The molecule has 150 valence electrons. The number of nitrogens with one attached hydrogen (secondary N) is 1. The highest BCUT2D eigenvalue weighted by Gasteiger charge is 2.15. The SMILES string of the molecule is CC1CCN(Cc2cccc(CNC(=O)c3cccc(-n4cnnn4)c3)c2)CC1. The molecular weight excluding hydrogens is 364 g/mol. The van der Waals surface area contributed by atoms with Gasteiger partial charge in [-0.2, -0.15) is 0 Å². The number of carbonyl (C=O) groups is 1. The molecule has 0 spiro atoms. The number of aromatic nitrogens is 4. The molecule has 1 aliphatic rings. The van der Waals surface area contributed by atoms with E-state index in [0.717, 1.165) is 23.7 Å². The molecule has 0 atom stereocenters. The summed E-state index contributed by atoms with van der Waals surface area (Å²) in [5.41, 5.74) is 3.74. The van der Waals surface area contributed by atoms with Gasteiger partial charge in [0.15, 0.2) is 0 Å². The van der Waals surface area contributed by atoms with Gasteiger partial charge in [0.05, 0.1) is 5.69 Å². The van der Waals surface area contributed by atoms with E-state index >= 15 is 0 Å². The molecule has 1 amide bonds. The third kappa shape index (κ3) is 5.06. The Labute approximate surface area is 170 Å². The summed E-state index contributed by atoms with van der Waals surface area (Å²) < 4.78 is 1.53. The van der Waals surface area contributed by atoms with Gasteiger partial charge in [-0.05, 0) is 71.6 Å². The molecule has 1 aromatic heterocycles. The second-order valence-electron chi connectivity index (χ2n) is 7.77. The zero-order chi connectivity index (χ0) is 20.1. The van der Waals surface area contributed by atoms with Gasteiger partial charge in [-0.1, -0.05) is 37.3 Å². The van der Waals surface area contributed by atoms with Crippen molar-refractivity contribution in [1.82, 2.24) is 30.4 Å². The van der Waals surface area contributed by atoms with Gasteiger partial charge in [0.1, 0.15) is 6.33 Å². The molecule has 0 aliphatic carbocycles. The van der Waals surface area contributed by atoms with Crippen LogP contribution in [0.5, 0.6) is 0 Å². The van der Waals surface area contributed by atoms with Crippen molar-refractivity contribution in [1.29, 1.82) is 0 Å². The topological polar surface area (TPSA) is 75.9 Å². The molecule has 7 heteroatoms. The fraction of sp³-hybridized carbons (Fsp3) is 0.364. The summed E-state index contributed by atoms with van der Waals surface area (Å²) in [7, 11) is 0. The van der Waals surface area contributed by atoms with Crippen LogP contribution in [-0.4, -0.2) is 44.1 Å². The Morgan fingerprint density at radius 2 is 1.90 bits per heavy atom. The molecule has 1 saturated heterocycles. The first-order valence-corrected chi connectivity index (χ1v) is 10.1. The molecule has 2 aromatic carbocycles. The van der Waals surface area contributed by atoms with Crippen LogP contribution in [0.4, 0.5) is 0 Å². The van der Waals surface area contributed by atoms with Crippen LogP contribution in [0.15, 0.2) is 54.9 Å². The van der Waals surface area contributed by atoms with Crippen LogP contribution in [0.2, 0.25) is 0 Å². The standard InChI is InChI=1S/C22H26N6O/c1-17-8-10-27(11-9-17)15-19-5-2-4-18(12-19)14-23-22(29)20-6-3-7-21(13-20)28-16-24-25-26-28/h2-7,12-13,16-17H,8-11,14-15H2,1H3,(H,23,29). The molecular formula is C22H26N6O. The minimum Gasteiger partial charge on any atom is -0.348 e. The molecule has 0 radical (unpaired) electrons. The second kappa shape index (κ2) is 8.96. The summed E-state index contributed by atoms with van der Waals surface area (Å²) in [6.45, 7) is 6.14. The average Bonchev–Trinajstić information content (AvgIpc) is 3.29. The van der Waals surface area contributed by atoms with Crippen molar-refractivity contribution >= 4 is 5.91 Å². The smallest absolute Gasteiger partial charge is 0.251 e. The maximum Gasteiger partial charge on any atom is 0.251 e. The lowest BCUT2D eigenvalue weighted by molar-refractivity contribution is 0.0951. The van der Waals surface area contributed by atoms with Crippen LogP contribution in [-0.2, 0) is 13.1 Å². The summed E-state index contributed by atoms with van der Waals surface area (Å²) in [6.07, 6.45) is 4.06. The van der Waals surface area contributed by atoms with E-state index in [9.17, 15) is 4.79 Å². The van der Waals surface area contributed by atoms with Crippen molar-refractivity contribution in [3.8, 4) is 5.69 Å². The molecule has 1 fully saturated rings. The Balaban J connectivity index is 1.35. The van der Waals surface area contributed by atoms with E-state index in [2.05, 4.69) is 56.9 Å². The highest BCUT2D eigenvalue weighted by molar-refractivity contribution is 5.94. The maximum absolute atomic E-state index is 12.6. The van der Waals surface area contributed by atoms with Gasteiger partial charge >= 0.3 is 0 Å². The molecule has 0 unspecified atom stereocenters. The zero-order valence-electron chi connectivity index (χ0n) is 16.7. The van der Waals surface area contributed by atoms with E-state index in [0.29, 0.717) is 12.1 Å². The monoisotopic (exact) mass is 390 g/mol. The Kier molecular flexibility index (Phi) is 5.95. The largest absolute Gasteiger partial charge is 0.348 e. The summed E-state index contributed by atoms with van der Waals surface area (Å²) in [6, 6.07) is 15.7. The van der Waals surface area contributed by atoms with Crippen molar-refractivity contribution in [2.75, 3.05) is 13.1 Å². The van der Waals surface area contributed by atoms with Gasteiger partial charge in [0.25, 0.3) is 5.91 Å². The number of tetrazole rings is 1. The van der Waals surface area contributed by atoms with Gasteiger partial charge in [0, 0.05) is 18.7 Å². The molecule has 1 N–H and O–H groups in total. The summed E-state index contributed by atoms with van der Waals surface area (Å²) in [4.78, 5) is 15.1. The van der Waals surface area contributed by atoms with Crippen molar-refractivity contribution < 1.29 is 4.79 Å². The Morgan fingerprint density at radius 3 is 2.69 bits per heavy atom. The van der Waals surface area contributed by atoms with Crippen LogP contribution in [0.1, 0.15) is 41.3 Å². The lowest BCUT2D eigenvalue weighted by atomic mass is 9.98. The maximum atomic E-state index is 12.6. The quantitative estimate of drug-likeness (QED) is 0.700. The number of benzene rings is 2.